The third-order valence-electron chi connectivity index (χ3n) is 5.63. The predicted octanol–water partition coefficient (Wildman–Crippen LogP) is 0.391. The van der Waals surface area contributed by atoms with E-state index in [1.54, 1.807) is 13.8 Å². The Kier molecular flexibility index (Phi) is 8.30. The van der Waals surface area contributed by atoms with Gasteiger partial charge in [-0.3, -0.25) is 4.79 Å². The molecule has 0 radical (unpaired) electrons. The maximum Gasteiger partial charge on any atom is 0.347 e. The van der Waals surface area contributed by atoms with Crippen molar-refractivity contribution in [2.45, 2.75) is 64.5 Å². The topological polar surface area (TPSA) is 141 Å². The summed E-state index contributed by atoms with van der Waals surface area (Å²) in [7, 11) is 0. The number of hydrogen-bond acceptors (Lipinski definition) is 8. The molecule has 0 aromatic carbocycles. The number of ether oxygens (including phenoxy) is 2. The number of nitrogens with zero attached hydrogens (tertiary/aromatic N) is 1. The number of hydrogen-bond donors (Lipinski definition) is 4. The highest BCUT2D eigenvalue weighted by Crippen LogP contribution is 2.40. The molecule has 0 aromatic rings. The highest BCUT2D eigenvalue weighted by Gasteiger charge is 2.38. The van der Waals surface area contributed by atoms with Crippen LogP contribution in [0.2, 0.25) is 0 Å². The van der Waals surface area contributed by atoms with Gasteiger partial charge in [-0.15, -0.1) is 0 Å². The highest BCUT2D eigenvalue weighted by molar-refractivity contribution is 5.81. The van der Waals surface area contributed by atoms with E-state index < -0.39 is 12.1 Å². The molecule has 2 rings (SSSR count). The first kappa shape index (κ1) is 21.4. The monoisotopic (exact) mass is 383 g/mol. The van der Waals surface area contributed by atoms with Crippen LogP contribution in [0.15, 0.2) is 5.10 Å². The summed E-state index contributed by atoms with van der Waals surface area (Å²) in [6, 6.07) is -0.366. The summed E-state index contributed by atoms with van der Waals surface area (Å²) in [5.74, 6) is 6.41. The van der Waals surface area contributed by atoms with Crippen LogP contribution in [0.3, 0.4) is 0 Å². The van der Waals surface area contributed by atoms with E-state index in [1.807, 2.05) is 0 Å². The minimum Gasteiger partial charge on any atom is -0.463 e. The summed E-state index contributed by atoms with van der Waals surface area (Å²) in [6.07, 6.45) is 4.94. The molecule has 0 aromatic heterocycles. The van der Waals surface area contributed by atoms with Gasteiger partial charge in [0.05, 0.1) is 6.61 Å². The van der Waals surface area contributed by atoms with Gasteiger partial charge < -0.3 is 20.5 Å². The number of esters is 2. The Morgan fingerprint density at radius 2 is 2.07 bits per heavy atom. The molecule has 1 aliphatic carbocycles. The molecular formula is C18H33N5O4. The average Bonchev–Trinajstić information content (AvgIpc) is 2.66. The van der Waals surface area contributed by atoms with E-state index in [1.165, 1.54) is 6.42 Å². The van der Waals surface area contributed by atoms with Crippen LogP contribution in [0.4, 0.5) is 0 Å². The molecule has 27 heavy (non-hydrogen) atoms. The third-order valence-corrected chi connectivity index (χ3v) is 5.63. The second-order valence-corrected chi connectivity index (χ2v) is 7.50. The van der Waals surface area contributed by atoms with Crippen molar-refractivity contribution in [3.63, 3.8) is 0 Å². The minimum atomic E-state index is -0.880. The van der Waals surface area contributed by atoms with Crippen LogP contribution in [-0.2, 0) is 19.1 Å². The smallest absolute Gasteiger partial charge is 0.347 e. The third kappa shape index (κ3) is 6.35. The van der Waals surface area contributed by atoms with Crippen molar-refractivity contribution in [1.82, 2.24) is 10.9 Å². The molecule has 0 spiro atoms. The fraction of sp³-hybridized carbons (Fsp3) is 0.833. The van der Waals surface area contributed by atoms with Crippen LogP contribution in [0.5, 0.6) is 0 Å². The summed E-state index contributed by atoms with van der Waals surface area (Å²) >= 11 is 0. The van der Waals surface area contributed by atoms with Gasteiger partial charge in [0.2, 0.25) is 0 Å². The van der Waals surface area contributed by atoms with Crippen molar-refractivity contribution >= 4 is 17.8 Å². The lowest BCUT2D eigenvalue weighted by Gasteiger charge is -2.42. The fourth-order valence-corrected chi connectivity index (χ4v) is 4.16. The lowest BCUT2D eigenvalue weighted by molar-refractivity contribution is -0.168. The van der Waals surface area contributed by atoms with Gasteiger partial charge in [0.1, 0.15) is 11.9 Å². The van der Waals surface area contributed by atoms with E-state index in [0.717, 1.165) is 32.2 Å². The van der Waals surface area contributed by atoms with Gasteiger partial charge in [-0.2, -0.15) is 5.10 Å². The molecule has 9 heteroatoms. The SMILES string of the molecule is CCOC(=O)C(C)OC(=O)C1CC2CC(CC/C(N)=N/NN)CCC2CN1. The Bertz CT molecular complexity index is 542. The molecule has 1 aliphatic heterocycles. The largest absolute Gasteiger partial charge is 0.463 e. The van der Waals surface area contributed by atoms with Crippen molar-refractivity contribution in [3.8, 4) is 0 Å². The molecule has 5 atom stereocenters. The lowest BCUT2D eigenvalue weighted by Crippen LogP contribution is -2.51. The molecule has 1 saturated heterocycles. The number of hydrazine groups is 1. The Labute approximate surface area is 160 Å². The number of carbonyl (C=O) groups excluding carboxylic acids is 2. The number of amidine groups is 1. The molecule has 0 amide bonds. The van der Waals surface area contributed by atoms with E-state index >= 15 is 0 Å². The van der Waals surface area contributed by atoms with Crippen LogP contribution in [0.25, 0.3) is 0 Å². The van der Waals surface area contributed by atoms with Crippen molar-refractivity contribution in [3.05, 3.63) is 0 Å². The quantitative estimate of drug-likeness (QED) is 0.155. The first-order chi connectivity index (χ1) is 12.9. The minimum absolute atomic E-state index is 0.268. The van der Waals surface area contributed by atoms with E-state index in [4.69, 9.17) is 21.1 Å². The highest BCUT2D eigenvalue weighted by atomic mass is 16.6. The Hall–Kier alpha value is -1.87. The Balaban J connectivity index is 1.82. The van der Waals surface area contributed by atoms with Gasteiger partial charge in [-0.25, -0.2) is 16.2 Å². The van der Waals surface area contributed by atoms with Crippen molar-refractivity contribution < 1.29 is 19.1 Å². The molecule has 1 heterocycles. The van der Waals surface area contributed by atoms with Gasteiger partial charge in [-0.1, -0.05) is 6.42 Å². The zero-order valence-electron chi connectivity index (χ0n) is 16.3. The molecule has 2 aliphatic rings. The normalized spacial score (nSPS) is 29.4. The van der Waals surface area contributed by atoms with Gasteiger partial charge in [0, 0.05) is 6.42 Å². The number of piperidine rings is 1. The zero-order valence-corrected chi connectivity index (χ0v) is 16.3. The summed E-state index contributed by atoms with van der Waals surface area (Å²) < 4.78 is 10.2. The van der Waals surface area contributed by atoms with Crippen LogP contribution < -0.4 is 22.4 Å². The van der Waals surface area contributed by atoms with Crippen molar-refractivity contribution in [1.29, 1.82) is 0 Å². The standard InChI is InChI=1S/C18H33N5O4/c1-3-26-17(24)11(2)27-18(25)15-9-14-8-12(4-6-13(14)10-21-15)5-7-16(19)22-23-20/h11-15,21,23H,3-10,20H2,1-2H3,(H2,19,22). The molecule has 154 valence electrons. The predicted molar refractivity (Wildman–Crippen MR) is 101 cm³/mol. The number of carbonyl (C=O) groups is 2. The maximum absolute atomic E-state index is 12.4. The van der Waals surface area contributed by atoms with E-state index in [9.17, 15) is 9.59 Å². The summed E-state index contributed by atoms with van der Waals surface area (Å²) in [5, 5.41) is 7.08. The second kappa shape index (κ2) is 10.5. The molecular weight excluding hydrogens is 350 g/mol. The number of hydrazone groups is 1. The van der Waals surface area contributed by atoms with Crippen LogP contribution >= 0.6 is 0 Å². The number of nitrogens with one attached hydrogen (secondary N) is 2. The van der Waals surface area contributed by atoms with E-state index in [2.05, 4.69) is 16.0 Å². The van der Waals surface area contributed by atoms with Crippen molar-refractivity contribution in [2.75, 3.05) is 13.2 Å². The van der Waals surface area contributed by atoms with Gasteiger partial charge in [-0.05, 0) is 63.8 Å². The molecule has 2 fully saturated rings. The summed E-state index contributed by atoms with van der Waals surface area (Å²) in [5.41, 5.74) is 8.01. The van der Waals surface area contributed by atoms with Gasteiger partial charge in [0.25, 0.3) is 0 Å². The lowest BCUT2D eigenvalue weighted by atomic mass is 9.69. The maximum atomic E-state index is 12.4. The van der Waals surface area contributed by atoms with Crippen LogP contribution in [-0.4, -0.2) is 43.1 Å². The van der Waals surface area contributed by atoms with Crippen molar-refractivity contribution in [2.24, 2.45) is 34.4 Å². The van der Waals surface area contributed by atoms with Crippen LogP contribution in [0, 0.1) is 17.8 Å². The average molecular weight is 383 g/mol. The molecule has 0 bridgehead atoms. The zero-order chi connectivity index (χ0) is 19.8. The molecule has 9 nitrogen and oxygen atoms in total. The first-order valence-corrected chi connectivity index (χ1v) is 9.82. The number of rotatable bonds is 8. The molecule has 5 unspecified atom stereocenters. The van der Waals surface area contributed by atoms with Gasteiger partial charge >= 0.3 is 11.9 Å². The van der Waals surface area contributed by atoms with E-state index in [0.29, 0.717) is 30.0 Å². The Morgan fingerprint density at radius 1 is 1.30 bits per heavy atom. The summed E-state index contributed by atoms with van der Waals surface area (Å²) in [4.78, 5) is 24.1. The molecule has 1 saturated carbocycles. The summed E-state index contributed by atoms with van der Waals surface area (Å²) in [6.45, 7) is 4.34. The Morgan fingerprint density at radius 3 is 2.78 bits per heavy atom. The van der Waals surface area contributed by atoms with E-state index in [-0.39, 0.29) is 18.6 Å². The fourth-order valence-electron chi connectivity index (χ4n) is 4.16. The van der Waals surface area contributed by atoms with Crippen LogP contribution in [0.1, 0.15) is 52.4 Å². The second-order valence-electron chi connectivity index (χ2n) is 7.50. The number of nitrogens with two attached hydrogens (primary N) is 2. The number of fused-ring (bicyclic) bond motifs is 1. The molecule has 6 N–H and O–H groups in total. The van der Waals surface area contributed by atoms with Gasteiger partial charge in [0.15, 0.2) is 6.10 Å². The first-order valence-electron chi connectivity index (χ1n) is 9.82.